The maximum absolute atomic E-state index is 4.40. The van der Waals surface area contributed by atoms with Crippen molar-refractivity contribution in [2.75, 3.05) is 7.05 Å². The van der Waals surface area contributed by atoms with Crippen LogP contribution in [0.2, 0.25) is 0 Å². The summed E-state index contributed by atoms with van der Waals surface area (Å²) in [6.07, 6.45) is 7.21. The average Bonchev–Trinajstić information content (AvgIpc) is 2.76. The lowest BCUT2D eigenvalue weighted by molar-refractivity contribution is 0.483. The van der Waals surface area contributed by atoms with Gasteiger partial charge in [-0.1, -0.05) is 12.8 Å². The summed E-state index contributed by atoms with van der Waals surface area (Å²) < 4.78 is 3.46. The van der Waals surface area contributed by atoms with E-state index in [0.717, 1.165) is 17.0 Å². The highest BCUT2D eigenvalue weighted by Crippen LogP contribution is 2.33. The second-order valence-electron chi connectivity index (χ2n) is 3.84. The highest BCUT2D eigenvalue weighted by molar-refractivity contribution is 9.10. The highest BCUT2D eigenvalue weighted by Gasteiger charge is 2.21. The van der Waals surface area contributed by atoms with Crippen molar-refractivity contribution >= 4 is 15.9 Å². The molecule has 0 bridgehead atoms. The summed E-state index contributed by atoms with van der Waals surface area (Å²) in [5.41, 5.74) is 0. The summed E-state index contributed by atoms with van der Waals surface area (Å²) in [5, 5.41) is 3.16. The van der Waals surface area contributed by atoms with Gasteiger partial charge in [-0.15, -0.1) is 0 Å². The molecule has 0 atom stereocenters. The summed E-state index contributed by atoms with van der Waals surface area (Å²) in [6.45, 7) is 0.849. The van der Waals surface area contributed by atoms with Gasteiger partial charge in [0.15, 0.2) is 0 Å². The zero-order valence-corrected chi connectivity index (χ0v) is 10.0. The van der Waals surface area contributed by atoms with Gasteiger partial charge in [0.1, 0.15) is 10.4 Å². The second-order valence-corrected chi connectivity index (χ2v) is 4.65. The number of nitrogens with zero attached hydrogens (tertiary/aromatic N) is 2. The fourth-order valence-corrected chi connectivity index (χ4v) is 2.81. The van der Waals surface area contributed by atoms with Crippen molar-refractivity contribution < 1.29 is 0 Å². The van der Waals surface area contributed by atoms with Gasteiger partial charge in [0, 0.05) is 6.04 Å². The average molecular weight is 258 g/mol. The Kier molecular flexibility index (Phi) is 3.23. The lowest BCUT2D eigenvalue weighted by atomic mass is 10.2. The van der Waals surface area contributed by atoms with E-state index in [4.69, 9.17) is 0 Å². The molecule has 0 aliphatic heterocycles. The monoisotopic (exact) mass is 257 g/mol. The van der Waals surface area contributed by atoms with Crippen LogP contribution in [-0.2, 0) is 6.54 Å². The van der Waals surface area contributed by atoms with Crippen LogP contribution in [-0.4, -0.2) is 16.6 Å². The molecule has 2 rings (SSSR count). The molecule has 0 unspecified atom stereocenters. The van der Waals surface area contributed by atoms with Crippen LogP contribution in [0.15, 0.2) is 10.8 Å². The van der Waals surface area contributed by atoms with Gasteiger partial charge in [0.25, 0.3) is 0 Å². The van der Waals surface area contributed by atoms with Gasteiger partial charge >= 0.3 is 0 Å². The topological polar surface area (TPSA) is 29.9 Å². The van der Waals surface area contributed by atoms with Crippen molar-refractivity contribution in [3.63, 3.8) is 0 Å². The van der Waals surface area contributed by atoms with Gasteiger partial charge in [-0.25, -0.2) is 4.98 Å². The zero-order chi connectivity index (χ0) is 9.97. The lowest BCUT2D eigenvalue weighted by Crippen LogP contribution is -2.15. The van der Waals surface area contributed by atoms with E-state index in [-0.39, 0.29) is 0 Å². The lowest BCUT2D eigenvalue weighted by Gasteiger charge is -2.16. The van der Waals surface area contributed by atoms with Crippen LogP contribution in [0.25, 0.3) is 0 Å². The minimum atomic E-state index is 0.662. The molecule has 78 valence electrons. The maximum atomic E-state index is 4.40. The van der Waals surface area contributed by atoms with Crippen molar-refractivity contribution in [2.24, 2.45) is 0 Å². The predicted molar refractivity (Wildman–Crippen MR) is 60.2 cm³/mol. The molecule has 1 saturated carbocycles. The van der Waals surface area contributed by atoms with E-state index in [1.807, 2.05) is 13.2 Å². The molecule has 1 aliphatic rings. The molecule has 0 saturated heterocycles. The van der Waals surface area contributed by atoms with Crippen LogP contribution >= 0.6 is 15.9 Å². The van der Waals surface area contributed by atoms with E-state index in [9.17, 15) is 0 Å². The van der Waals surface area contributed by atoms with E-state index < -0.39 is 0 Å². The number of hydrogen-bond acceptors (Lipinski definition) is 2. The Morgan fingerprint density at radius 1 is 1.57 bits per heavy atom. The Bertz CT molecular complexity index is 302. The van der Waals surface area contributed by atoms with Gasteiger partial charge < -0.3 is 9.88 Å². The fraction of sp³-hybridized carbons (Fsp3) is 0.700. The van der Waals surface area contributed by atoms with Gasteiger partial charge in [0.05, 0.1) is 12.7 Å². The van der Waals surface area contributed by atoms with E-state index in [2.05, 4.69) is 30.8 Å². The quantitative estimate of drug-likeness (QED) is 0.902. The van der Waals surface area contributed by atoms with Crippen LogP contribution in [0.4, 0.5) is 0 Å². The summed E-state index contributed by atoms with van der Waals surface area (Å²) in [6, 6.07) is 0.662. The Labute approximate surface area is 93.0 Å². The van der Waals surface area contributed by atoms with Gasteiger partial charge in [0.2, 0.25) is 0 Å². The Morgan fingerprint density at radius 3 is 2.93 bits per heavy atom. The van der Waals surface area contributed by atoms with Crippen molar-refractivity contribution in [2.45, 2.75) is 38.3 Å². The number of aromatic nitrogens is 2. The molecule has 3 nitrogen and oxygen atoms in total. The predicted octanol–water partition coefficient (Wildman–Crippen LogP) is 2.48. The number of rotatable bonds is 3. The minimum absolute atomic E-state index is 0.662. The second kappa shape index (κ2) is 4.45. The Hall–Kier alpha value is -0.350. The first-order valence-corrected chi connectivity index (χ1v) is 5.98. The summed E-state index contributed by atoms with van der Waals surface area (Å²) >= 11 is 3.57. The summed E-state index contributed by atoms with van der Waals surface area (Å²) in [7, 11) is 1.96. The summed E-state index contributed by atoms with van der Waals surface area (Å²) in [4.78, 5) is 4.40. The molecule has 1 N–H and O–H groups in total. The molecule has 0 spiro atoms. The molecular weight excluding hydrogens is 242 g/mol. The fourth-order valence-electron chi connectivity index (χ4n) is 2.21. The third-order valence-electron chi connectivity index (χ3n) is 2.85. The van der Waals surface area contributed by atoms with E-state index in [1.54, 1.807) is 0 Å². The number of nitrogens with one attached hydrogen (secondary N) is 1. The molecule has 0 radical (unpaired) electrons. The standard InChI is InChI=1S/C10H16BrN3/c1-12-7-10-13-6-9(11)14(10)8-4-2-3-5-8/h6,8,12H,2-5,7H2,1H3. The SMILES string of the molecule is CNCc1ncc(Br)n1C1CCCC1. The largest absolute Gasteiger partial charge is 0.319 e. The molecule has 1 heterocycles. The normalized spacial score (nSPS) is 17.9. The first-order chi connectivity index (χ1) is 6.83. The number of imidazole rings is 1. The molecular formula is C10H16BrN3. The first kappa shape index (κ1) is 10.2. The van der Waals surface area contributed by atoms with E-state index in [1.165, 1.54) is 25.7 Å². The van der Waals surface area contributed by atoms with Crippen molar-refractivity contribution in [1.29, 1.82) is 0 Å². The molecule has 1 fully saturated rings. The van der Waals surface area contributed by atoms with Crippen LogP contribution in [0.5, 0.6) is 0 Å². The van der Waals surface area contributed by atoms with Crippen molar-refractivity contribution in [1.82, 2.24) is 14.9 Å². The van der Waals surface area contributed by atoms with Crippen molar-refractivity contribution in [3.05, 3.63) is 16.6 Å². The Balaban J connectivity index is 2.24. The third kappa shape index (κ3) is 1.86. The number of halogens is 1. The Morgan fingerprint density at radius 2 is 2.29 bits per heavy atom. The third-order valence-corrected chi connectivity index (χ3v) is 3.44. The first-order valence-electron chi connectivity index (χ1n) is 5.19. The maximum Gasteiger partial charge on any atom is 0.123 e. The van der Waals surface area contributed by atoms with Crippen LogP contribution < -0.4 is 5.32 Å². The molecule has 14 heavy (non-hydrogen) atoms. The molecule has 1 aromatic heterocycles. The zero-order valence-electron chi connectivity index (χ0n) is 8.46. The van der Waals surface area contributed by atoms with Crippen LogP contribution in [0.1, 0.15) is 37.5 Å². The van der Waals surface area contributed by atoms with Gasteiger partial charge in [-0.3, -0.25) is 0 Å². The van der Waals surface area contributed by atoms with Crippen LogP contribution in [0.3, 0.4) is 0 Å². The molecule has 0 aromatic carbocycles. The molecule has 0 amide bonds. The van der Waals surface area contributed by atoms with Gasteiger partial charge in [-0.2, -0.15) is 0 Å². The van der Waals surface area contributed by atoms with Gasteiger partial charge in [-0.05, 0) is 35.8 Å². The van der Waals surface area contributed by atoms with E-state index in [0.29, 0.717) is 6.04 Å². The highest BCUT2D eigenvalue weighted by atomic mass is 79.9. The summed E-state index contributed by atoms with van der Waals surface area (Å²) in [5.74, 6) is 1.14. The van der Waals surface area contributed by atoms with E-state index >= 15 is 0 Å². The molecule has 1 aromatic rings. The van der Waals surface area contributed by atoms with Crippen molar-refractivity contribution in [3.8, 4) is 0 Å². The minimum Gasteiger partial charge on any atom is -0.319 e. The van der Waals surface area contributed by atoms with Crippen LogP contribution in [0, 0.1) is 0 Å². The smallest absolute Gasteiger partial charge is 0.123 e. The molecule has 1 aliphatic carbocycles. The molecule has 4 heteroatoms. The number of hydrogen-bond donors (Lipinski definition) is 1.